The number of benzene rings is 4. The number of hydrogen-bond donors (Lipinski definition) is 1. The third-order valence-corrected chi connectivity index (χ3v) is 21.4. The lowest BCUT2D eigenvalue weighted by Crippen LogP contribution is -2.40. The monoisotopic (exact) mass is 1100 g/mol. The second kappa shape index (κ2) is 29.5. The fourth-order valence-corrected chi connectivity index (χ4v) is 15.2. The van der Waals surface area contributed by atoms with Crippen molar-refractivity contribution in [3.63, 3.8) is 0 Å². The van der Waals surface area contributed by atoms with Gasteiger partial charge in [0, 0.05) is 71.9 Å². The molecule has 15 nitrogen and oxygen atoms in total. The molecule has 0 aromatic heterocycles. The largest absolute Gasteiger partial charge is 0.343 e. The molecule has 0 saturated carbocycles. The van der Waals surface area contributed by atoms with Crippen LogP contribution in [0.15, 0.2) is 117 Å². The van der Waals surface area contributed by atoms with Crippen LogP contribution in [0.2, 0.25) is 0 Å². The Balaban J connectivity index is 1.37. The van der Waals surface area contributed by atoms with Crippen LogP contribution in [0.5, 0.6) is 0 Å². The van der Waals surface area contributed by atoms with Gasteiger partial charge in [-0.3, -0.25) is 4.79 Å². The summed E-state index contributed by atoms with van der Waals surface area (Å²) in [4.78, 5) is 15.7. The maximum Gasteiger partial charge on any atom is 0.243 e. The van der Waals surface area contributed by atoms with Crippen molar-refractivity contribution >= 4 is 46.0 Å². The molecule has 1 aliphatic heterocycles. The smallest absolute Gasteiger partial charge is 0.243 e. The molecule has 1 heterocycles. The number of sulfonamides is 4. The lowest BCUT2D eigenvalue weighted by Gasteiger charge is -2.28. The number of carbonyl (C=O) groups is 1. The highest BCUT2D eigenvalue weighted by molar-refractivity contribution is 7.90. The summed E-state index contributed by atoms with van der Waals surface area (Å²) in [6.45, 7) is 8.69. The van der Waals surface area contributed by atoms with Crippen molar-refractivity contribution < 1.29 is 38.5 Å². The first-order valence-electron chi connectivity index (χ1n) is 26.5. The molecule has 0 radical (unpaired) electrons. The molecule has 74 heavy (non-hydrogen) atoms. The quantitative estimate of drug-likeness (QED) is 0.0604. The van der Waals surface area contributed by atoms with E-state index in [4.69, 9.17) is 5.73 Å². The van der Waals surface area contributed by atoms with Crippen LogP contribution in [0.4, 0.5) is 0 Å². The van der Waals surface area contributed by atoms with E-state index in [2.05, 4.69) is 0 Å². The molecule has 0 unspecified atom stereocenters. The molecule has 2 N–H and O–H groups in total. The molecule has 1 amide bonds. The Morgan fingerprint density at radius 2 is 0.635 bits per heavy atom. The Labute approximate surface area is 444 Å². The molecule has 0 atom stereocenters. The zero-order valence-corrected chi connectivity index (χ0v) is 47.5. The van der Waals surface area contributed by atoms with Gasteiger partial charge in [-0.15, -0.1) is 0 Å². The standard InChI is InChI=1S/C55H82N6O9S4/c1-47-20-28-51(29-21-47)71(63,64)58(39-14-36-56)41-16-43-60(73(67,68)53-32-24-49(3)25-33-53)45-18-46-61(74(69,70)54-34-26-50(4)27-35-54)44-17-42-59(72(65,66)52-30-22-48(2)23-31-52)40-15-38-57-37-13-11-9-7-5-6-8-10-12-19-55(57)62/h20-35H,5-19,36-46,56H2,1-4H3. The Bertz CT molecular complexity index is 2800. The van der Waals surface area contributed by atoms with Crippen LogP contribution >= 0.6 is 0 Å². The van der Waals surface area contributed by atoms with Crippen LogP contribution < -0.4 is 5.73 Å². The van der Waals surface area contributed by atoms with Gasteiger partial charge in [-0.2, -0.15) is 17.2 Å². The molecular formula is C55H82N6O9S4. The fraction of sp³-hybridized carbons (Fsp3) is 0.545. The zero-order chi connectivity index (χ0) is 53.8. The second-order valence-corrected chi connectivity index (χ2v) is 27.5. The third-order valence-electron chi connectivity index (χ3n) is 13.7. The van der Waals surface area contributed by atoms with E-state index in [0.29, 0.717) is 32.4 Å². The molecule has 410 valence electrons. The highest BCUT2D eigenvalue weighted by Gasteiger charge is 2.31. The van der Waals surface area contributed by atoms with E-state index < -0.39 is 40.1 Å². The maximum absolute atomic E-state index is 14.5. The summed E-state index contributed by atoms with van der Waals surface area (Å²) in [6, 6.07) is 26.1. The van der Waals surface area contributed by atoms with E-state index in [9.17, 15) is 38.5 Å². The number of nitrogens with zero attached hydrogens (tertiary/aromatic N) is 5. The summed E-state index contributed by atoms with van der Waals surface area (Å²) >= 11 is 0. The molecule has 4 aromatic carbocycles. The van der Waals surface area contributed by atoms with Crippen molar-refractivity contribution in [3.8, 4) is 0 Å². The van der Waals surface area contributed by atoms with Crippen molar-refractivity contribution in [1.82, 2.24) is 22.1 Å². The van der Waals surface area contributed by atoms with Crippen molar-refractivity contribution in [3.05, 3.63) is 119 Å². The minimum absolute atomic E-state index is 0.00977. The summed E-state index contributed by atoms with van der Waals surface area (Å²) in [5, 5.41) is 0. The summed E-state index contributed by atoms with van der Waals surface area (Å²) < 4.78 is 120. The average molecular weight is 1100 g/mol. The summed E-state index contributed by atoms with van der Waals surface area (Å²) in [5.41, 5.74) is 9.35. The number of rotatable bonds is 27. The van der Waals surface area contributed by atoms with Crippen molar-refractivity contribution in [2.24, 2.45) is 5.73 Å². The van der Waals surface area contributed by atoms with Gasteiger partial charge in [0.1, 0.15) is 0 Å². The predicted molar refractivity (Wildman–Crippen MR) is 295 cm³/mol. The van der Waals surface area contributed by atoms with E-state index in [0.717, 1.165) is 60.8 Å². The van der Waals surface area contributed by atoms with Gasteiger partial charge in [0.2, 0.25) is 46.0 Å². The van der Waals surface area contributed by atoms with E-state index in [-0.39, 0.29) is 104 Å². The summed E-state index contributed by atoms with van der Waals surface area (Å²) in [5.74, 6) is 0.0925. The molecule has 0 bridgehead atoms. The van der Waals surface area contributed by atoms with Gasteiger partial charge in [0.15, 0.2) is 0 Å². The fourth-order valence-electron chi connectivity index (χ4n) is 9.16. The Morgan fingerprint density at radius 3 is 0.932 bits per heavy atom. The zero-order valence-electron chi connectivity index (χ0n) is 44.2. The summed E-state index contributed by atoms with van der Waals surface area (Å²) in [7, 11) is -16.3. The molecule has 1 aliphatic rings. The number of amides is 1. The van der Waals surface area contributed by atoms with E-state index in [1.165, 1.54) is 60.7 Å². The van der Waals surface area contributed by atoms with Crippen LogP contribution in [-0.2, 0) is 44.9 Å². The molecule has 1 saturated heterocycles. The van der Waals surface area contributed by atoms with Crippen molar-refractivity contribution in [1.29, 1.82) is 0 Å². The molecule has 19 heteroatoms. The molecule has 1 fully saturated rings. The lowest BCUT2D eigenvalue weighted by molar-refractivity contribution is -0.131. The van der Waals surface area contributed by atoms with Crippen molar-refractivity contribution in [2.75, 3.05) is 72.0 Å². The highest BCUT2D eigenvalue weighted by Crippen LogP contribution is 2.24. The minimum atomic E-state index is -4.17. The van der Waals surface area contributed by atoms with Gasteiger partial charge in [0.25, 0.3) is 0 Å². The third kappa shape index (κ3) is 18.0. The Morgan fingerprint density at radius 1 is 0.378 bits per heavy atom. The van der Waals surface area contributed by atoms with Gasteiger partial charge >= 0.3 is 0 Å². The van der Waals surface area contributed by atoms with E-state index in [1.807, 2.05) is 32.6 Å². The van der Waals surface area contributed by atoms with E-state index in [1.54, 1.807) is 72.8 Å². The summed E-state index contributed by atoms with van der Waals surface area (Å²) in [6.07, 6.45) is 11.3. The van der Waals surface area contributed by atoms with Gasteiger partial charge in [-0.1, -0.05) is 116 Å². The van der Waals surface area contributed by atoms with Crippen LogP contribution in [0.3, 0.4) is 0 Å². The predicted octanol–water partition coefficient (Wildman–Crippen LogP) is 8.64. The SMILES string of the molecule is Cc1ccc(S(=O)(=O)N(CCCN)CCCN(CCCN(CCCN(CCCN2CCCCCCCCCCCC2=O)S(=O)(=O)c2ccc(C)cc2)S(=O)(=O)c2ccc(C)cc2)S(=O)(=O)c2ccc(C)cc2)cc1. The number of carbonyl (C=O) groups excluding carboxylic acids is 1. The van der Waals surface area contributed by atoms with E-state index >= 15 is 0 Å². The second-order valence-electron chi connectivity index (χ2n) is 19.7. The van der Waals surface area contributed by atoms with Gasteiger partial charge < -0.3 is 10.6 Å². The lowest BCUT2D eigenvalue weighted by atomic mass is 10.1. The molecule has 4 aromatic rings. The number of hydrogen-bond acceptors (Lipinski definition) is 10. The molecule has 0 aliphatic carbocycles. The normalized spacial score (nSPS) is 15.1. The van der Waals surface area contributed by atoms with Crippen LogP contribution in [0, 0.1) is 27.7 Å². The first-order valence-corrected chi connectivity index (χ1v) is 32.3. The number of aryl methyl sites for hydroxylation is 4. The van der Waals surface area contributed by atoms with Crippen molar-refractivity contribution in [2.45, 2.75) is 144 Å². The molecular weight excluding hydrogens is 1020 g/mol. The Kier molecular flexibility index (Phi) is 24.2. The van der Waals surface area contributed by atoms with Gasteiger partial charge in [-0.25, -0.2) is 33.7 Å². The first-order chi connectivity index (χ1) is 35.3. The topological polar surface area (TPSA) is 196 Å². The molecule has 0 spiro atoms. The van der Waals surface area contributed by atoms with Crippen LogP contribution in [-0.4, -0.2) is 134 Å². The first kappa shape index (κ1) is 60.8. The van der Waals surface area contributed by atoms with Gasteiger partial charge in [-0.05, 0) is 128 Å². The number of nitrogens with two attached hydrogens (primary N) is 1. The average Bonchev–Trinajstić information content (AvgIpc) is 3.38. The van der Waals surface area contributed by atoms with Crippen LogP contribution in [0.1, 0.15) is 119 Å². The maximum atomic E-state index is 14.5. The minimum Gasteiger partial charge on any atom is -0.343 e. The molecule has 5 rings (SSSR count). The Hall–Kier alpha value is -4.05. The van der Waals surface area contributed by atoms with Crippen LogP contribution in [0.25, 0.3) is 0 Å². The van der Waals surface area contributed by atoms with Gasteiger partial charge in [0.05, 0.1) is 19.6 Å². The highest BCUT2D eigenvalue weighted by atomic mass is 32.2.